The number of nitrogens with zero attached hydrogens (tertiary/aromatic N) is 2. The quantitative estimate of drug-likeness (QED) is 0.262. The third kappa shape index (κ3) is 8.30. The molecule has 0 bridgehead atoms. The smallest absolute Gasteiger partial charge is 0.264 e. The van der Waals surface area contributed by atoms with Crippen LogP contribution in [0.2, 0.25) is 5.02 Å². The topological polar surface area (TPSA) is 96.0 Å². The van der Waals surface area contributed by atoms with E-state index in [0.29, 0.717) is 22.9 Å². The van der Waals surface area contributed by atoms with E-state index in [1.165, 1.54) is 17.0 Å². The lowest BCUT2D eigenvalue weighted by atomic mass is 9.95. The van der Waals surface area contributed by atoms with Crippen molar-refractivity contribution in [3.63, 3.8) is 0 Å². The van der Waals surface area contributed by atoms with Crippen molar-refractivity contribution in [2.24, 2.45) is 0 Å². The van der Waals surface area contributed by atoms with Gasteiger partial charge in [0.2, 0.25) is 11.8 Å². The molecule has 230 valence electrons. The Morgan fingerprint density at radius 1 is 1.00 bits per heavy atom. The summed E-state index contributed by atoms with van der Waals surface area (Å²) in [7, 11) is -2.59. The second-order valence-electron chi connectivity index (χ2n) is 10.9. The first kappa shape index (κ1) is 32.4. The lowest BCUT2D eigenvalue weighted by Gasteiger charge is -2.34. The SMILES string of the molecule is CC[C@H](C(=O)NC1CCCCC1)N(Cc1cccc(OC)c1)C(=O)CN(c1ccc(Cl)cc1)S(=O)(=O)c1ccc(C)cc1. The summed E-state index contributed by atoms with van der Waals surface area (Å²) in [5, 5.41) is 3.60. The van der Waals surface area contributed by atoms with E-state index in [2.05, 4.69) is 5.32 Å². The molecule has 1 aliphatic rings. The fourth-order valence-corrected chi connectivity index (χ4v) is 6.95. The molecule has 43 heavy (non-hydrogen) atoms. The van der Waals surface area contributed by atoms with Crippen LogP contribution >= 0.6 is 11.6 Å². The number of methoxy groups -OCH3 is 1. The molecule has 1 saturated carbocycles. The molecule has 0 aromatic heterocycles. The van der Waals surface area contributed by atoms with Crippen molar-refractivity contribution in [1.82, 2.24) is 10.2 Å². The molecule has 0 saturated heterocycles. The van der Waals surface area contributed by atoms with Crippen molar-refractivity contribution in [3.05, 3.63) is 88.9 Å². The van der Waals surface area contributed by atoms with Crippen molar-refractivity contribution in [2.75, 3.05) is 18.0 Å². The first-order chi connectivity index (χ1) is 20.6. The zero-order chi connectivity index (χ0) is 31.0. The zero-order valence-corrected chi connectivity index (χ0v) is 26.5. The van der Waals surface area contributed by atoms with Gasteiger partial charge in [-0.1, -0.05) is 67.6 Å². The van der Waals surface area contributed by atoms with E-state index < -0.39 is 28.5 Å². The van der Waals surface area contributed by atoms with Gasteiger partial charge >= 0.3 is 0 Å². The molecule has 1 fully saturated rings. The summed E-state index contributed by atoms with van der Waals surface area (Å²) in [5.74, 6) is -0.112. The average Bonchev–Trinajstić information content (AvgIpc) is 3.01. The number of carbonyl (C=O) groups is 2. The Bertz CT molecular complexity index is 1490. The Morgan fingerprint density at radius 3 is 2.30 bits per heavy atom. The van der Waals surface area contributed by atoms with E-state index in [1.54, 1.807) is 49.6 Å². The first-order valence-electron chi connectivity index (χ1n) is 14.7. The molecule has 3 aromatic carbocycles. The Hall–Kier alpha value is -3.56. The molecule has 1 atom stereocenters. The highest BCUT2D eigenvalue weighted by atomic mass is 35.5. The molecule has 8 nitrogen and oxygen atoms in total. The largest absolute Gasteiger partial charge is 0.497 e. The van der Waals surface area contributed by atoms with Crippen molar-refractivity contribution in [3.8, 4) is 5.75 Å². The summed E-state index contributed by atoms with van der Waals surface area (Å²) in [5.41, 5.74) is 1.96. The van der Waals surface area contributed by atoms with Crippen LogP contribution in [0.1, 0.15) is 56.6 Å². The Labute approximate surface area is 260 Å². The lowest BCUT2D eigenvalue weighted by Crippen LogP contribution is -2.54. The number of amides is 2. The van der Waals surface area contributed by atoms with Gasteiger partial charge in [-0.05, 0) is 80.3 Å². The number of hydrogen-bond donors (Lipinski definition) is 1. The highest BCUT2D eigenvalue weighted by molar-refractivity contribution is 7.92. The van der Waals surface area contributed by atoms with Gasteiger partial charge in [-0.15, -0.1) is 0 Å². The number of carbonyl (C=O) groups excluding carboxylic acids is 2. The van der Waals surface area contributed by atoms with Gasteiger partial charge in [0.1, 0.15) is 18.3 Å². The molecular weight excluding hydrogens is 586 g/mol. The summed E-state index contributed by atoms with van der Waals surface area (Å²) in [4.78, 5) is 29.5. The maximum Gasteiger partial charge on any atom is 0.264 e. The van der Waals surface area contributed by atoms with E-state index >= 15 is 0 Å². The predicted molar refractivity (Wildman–Crippen MR) is 170 cm³/mol. The van der Waals surface area contributed by atoms with Crippen LogP contribution in [-0.4, -0.2) is 50.9 Å². The molecule has 3 aromatic rings. The van der Waals surface area contributed by atoms with E-state index in [1.807, 2.05) is 32.0 Å². The molecule has 0 heterocycles. The van der Waals surface area contributed by atoms with Gasteiger partial charge in [0.15, 0.2) is 0 Å². The monoisotopic (exact) mass is 625 g/mol. The molecule has 1 N–H and O–H groups in total. The van der Waals surface area contributed by atoms with Crippen LogP contribution in [0.5, 0.6) is 5.75 Å². The molecule has 1 aliphatic carbocycles. The van der Waals surface area contributed by atoms with Gasteiger partial charge in [0.25, 0.3) is 10.0 Å². The summed E-state index contributed by atoms with van der Waals surface area (Å²) in [6.07, 6.45) is 5.44. The number of nitrogens with one attached hydrogen (secondary N) is 1. The summed E-state index contributed by atoms with van der Waals surface area (Å²) >= 11 is 6.11. The standard InChI is InChI=1S/C33H40ClN3O5S/c1-4-31(33(39)35-27-10-6-5-7-11-27)36(22-25-9-8-12-29(21-25)42-3)32(38)23-37(28-17-15-26(34)16-18-28)43(40,41)30-19-13-24(2)14-20-30/h8-9,12-21,27,31H,4-7,10-11,22-23H2,1-3H3,(H,35,39)/t31-/m1/s1. The van der Waals surface area contributed by atoms with Crippen LogP contribution in [0.15, 0.2) is 77.7 Å². The summed E-state index contributed by atoms with van der Waals surface area (Å²) < 4.78 is 34.5. The van der Waals surface area contributed by atoms with Crippen LogP contribution in [-0.2, 0) is 26.2 Å². The molecular formula is C33H40ClN3O5S. The maximum absolute atomic E-state index is 14.3. The third-order valence-corrected chi connectivity index (χ3v) is 9.87. The van der Waals surface area contributed by atoms with Gasteiger partial charge < -0.3 is 15.0 Å². The minimum atomic E-state index is -4.15. The van der Waals surface area contributed by atoms with Gasteiger partial charge in [-0.25, -0.2) is 8.42 Å². The highest BCUT2D eigenvalue weighted by Crippen LogP contribution is 2.27. The van der Waals surface area contributed by atoms with Crippen LogP contribution in [0.4, 0.5) is 5.69 Å². The number of halogens is 1. The van der Waals surface area contributed by atoms with Gasteiger partial charge in [0.05, 0.1) is 17.7 Å². The number of ether oxygens (including phenoxy) is 1. The molecule has 0 spiro atoms. The molecule has 10 heteroatoms. The molecule has 0 aliphatic heterocycles. The normalized spacial score (nSPS) is 14.5. The van der Waals surface area contributed by atoms with Crippen molar-refractivity contribution < 1.29 is 22.7 Å². The van der Waals surface area contributed by atoms with Gasteiger partial charge in [-0.2, -0.15) is 0 Å². The number of rotatable bonds is 12. The van der Waals surface area contributed by atoms with Crippen molar-refractivity contribution in [1.29, 1.82) is 0 Å². The molecule has 4 rings (SSSR count). The highest BCUT2D eigenvalue weighted by Gasteiger charge is 2.34. The molecule has 2 amide bonds. The number of aryl methyl sites for hydroxylation is 1. The Morgan fingerprint density at radius 2 is 1.67 bits per heavy atom. The zero-order valence-electron chi connectivity index (χ0n) is 25.0. The fourth-order valence-electron chi connectivity index (χ4n) is 5.40. The third-order valence-electron chi connectivity index (χ3n) is 7.83. The minimum absolute atomic E-state index is 0.0577. The number of sulfonamides is 1. The summed E-state index contributed by atoms with van der Waals surface area (Å²) in [6, 6.07) is 19.4. The van der Waals surface area contributed by atoms with E-state index in [9.17, 15) is 18.0 Å². The number of benzene rings is 3. The van der Waals surface area contributed by atoms with E-state index in [4.69, 9.17) is 16.3 Å². The predicted octanol–water partition coefficient (Wildman–Crippen LogP) is 6.11. The van der Waals surface area contributed by atoms with Crippen LogP contribution in [0, 0.1) is 6.92 Å². The minimum Gasteiger partial charge on any atom is -0.497 e. The Balaban J connectivity index is 1.71. The maximum atomic E-state index is 14.3. The van der Waals surface area contributed by atoms with Crippen LogP contribution in [0.3, 0.4) is 0 Å². The van der Waals surface area contributed by atoms with Crippen LogP contribution in [0.25, 0.3) is 0 Å². The second kappa shape index (κ2) is 14.8. The fraction of sp³-hybridized carbons (Fsp3) is 0.394. The van der Waals surface area contributed by atoms with E-state index in [-0.39, 0.29) is 23.4 Å². The average molecular weight is 626 g/mol. The van der Waals surface area contributed by atoms with E-state index in [0.717, 1.165) is 47.5 Å². The number of anilines is 1. The van der Waals surface area contributed by atoms with Gasteiger partial charge in [-0.3, -0.25) is 13.9 Å². The van der Waals surface area contributed by atoms with Crippen molar-refractivity contribution >= 4 is 39.1 Å². The Kier molecular flexibility index (Phi) is 11.1. The molecule has 0 unspecified atom stereocenters. The lowest BCUT2D eigenvalue weighted by molar-refractivity contribution is -0.140. The second-order valence-corrected chi connectivity index (χ2v) is 13.2. The first-order valence-corrected chi connectivity index (χ1v) is 16.5. The van der Waals surface area contributed by atoms with Gasteiger partial charge in [0, 0.05) is 17.6 Å². The molecule has 0 radical (unpaired) electrons. The van der Waals surface area contributed by atoms with Crippen molar-refractivity contribution in [2.45, 2.75) is 75.9 Å². The summed E-state index contributed by atoms with van der Waals surface area (Å²) in [6.45, 7) is 3.33. The van der Waals surface area contributed by atoms with Crippen LogP contribution < -0.4 is 14.4 Å². The number of hydrogen-bond acceptors (Lipinski definition) is 5.